The standard InChI is InChI=1S/C12H26N.Al/c1-3-5-7-9-11-13-12-10-8-6-4-2;/h3-12H2,1-2H3;/q-1;+3. The molecule has 0 unspecified atom stereocenters. The molecular weight excluding hydrogens is 185 g/mol. The van der Waals surface area contributed by atoms with Crippen molar-refractivity contribution in [2.24, 2.45) is 0 Å². The normalized spacial score (nSPS) is 11.2. The molecule has 14 heavy (non-hydrogen) atoms. The van der Waals surface area contributed by atoms with Crippen LogP contribution in [0.25, 0.3) is 0 Å². The van der Waals surface area contributed by atoms with Gasteiger partial charge in [-0.2, -0.15) is 0 Å². The molecule has 0 atom stereocenters. The zero-order valence-corrected chi connectivity index (χ0v) is 11.3. The van der Waals surface area contributed by atoms with Crippen molar-refractivity contribution in [3.63, 3.8) is 0 Å². The Hall–Kier alpha value is 0.492. The van der Waals surface area contributed by atoms with Crippen molar-refractivity contribution >= 4 is 16.5 Å². The molecule has 0 bridgehead atoms. The van der Waals surface area contributed by atoms with E-state index in [4.69, 9.17) is 0 Å². The van der Waals surface area contributed by atoms with Gasteiger partial charge in [-0.15, -0.1) is 0 Å². The van der Waals surface area contributed by atoms with Gasteiger partial charge in [-0.1, -0.05) is 0 Å². The Labute approximate surface area is 98.9 Å². The van der Waals surface area contributed by atoms with Crippen molar-refractivity contribution in [2.75, 3.05) is 13.1 Å². The van der Waals surface area contributed by atoms with Gasteiger partial charge in [0.25, 0.3) is 0 Å². The van der Waals surface area contributed by atoms with Crippen LogP contribution in [-0.4, -0.2) is 33.5 Å². The van der Waals surface area contributed by atoms with Gasteiger partial charge in [0, 0.05) is 0 Å². The predicted octanol–water partition coefficient (Wildman–Crippen LogP) is 3.53. The van der Waals surface area contributed by atoms with Crippen molar-refractivity contribution in [2.45, 2.75) is 65.2 Å². The van der Waals surface area contributed by atoms with Crippen LogP contribution >= 0.6 is 0 Å². The van der Waals surface area contributed by atoms with Crippen molar-refractivity contribution < 1.29 is 0 Å². The maximum absolute atomic E-state index is 2.86. The third kappa shape index (κ3) is 10.6. The zero-order chi connectivity index (χ0) is 10.6. The molecule has 1 nitrogen and oxygen atoms in total. The van der Waals surface area contributed by atoms with E-state index in [2.05, 4.69) is 34.2 Å². The maximum atomic E-state index is 2.86. The van der Waals surface area contributed by atoms with E-state index in [9.17, 15) is 0 Å². The number of nitrogens with zero attached hydrogens (tertiary/aromatic N) is 1. The summed E-state index contributed by atoms with van der Waals surface area (Å²) in [6.07, 6.45) is 11.0. The molecule has 0 radical (unpaired) electrons. The molecule has 0 aromatic heterocycles. The first kappa shape index (κ1) is 14.5. The van der Waals surface area contributed by atoms with E-state index < -0.39 is 0 Å². The van der Waals surface area contributed by atoms with Crippen LogP contribution in [0.2, 0.25) is 0 Å². The van der Waals surface area contributed by atoms with Crippen molar-refractivity contribution in [3.05, 3.63) is 0 Å². The van der Waals surface area contributed by atoms with Gasteiger partial charge in [0.05, 0.1) is 0 Å². The summed E-state index contributed by atoms with van der Waals surface area (Å²) in [6.45, 7) is 7.06. The Morgan fingerprint density at radius 3 is 1.50 bits per heavy atom. The molecule has 0 amide bonds. The number of rotatable bonds is 10. The van der Waals surface area contributed by atoms with Crippen LogP contribution in [0.3, 0.4) is 0 Å². The summed E-state index contributed by atoms with van der Waals surface area (Å²) in [6, 6.07) is 0. The molecule has 0 heterocycles. The van der Waals surface area contributed by atoms with E-state index in [1.54, 1.807) is 0 Å². The molecule has 2 heteroatoms. The summed E-state index contributed by atoms with van der Waals surface area (Å²) >= 11 is 2.86. The van der Waals surface area contributed by atoms with Gasteiger partial charge in [0.2, 0.25) is 0 Å². The van der Waals surface area contributed by atoms with Crippen LogP contribution in [0, 0.1) is 0 Å². The van der Waals surface area contributed by atoms with Crippen molar-refractivity contribution in [1.29, 1.82) is 0 Å². The Bertz CT molecular complexity index is 94.5. The summed E-state index contributed by atoms with van der Waals surface area (Å²) in [4.78, 5) is 0. The average molecular weight is 211 g/mol. The fourth-order valence-corrected chi connectivity index (χ4v) is 1.96. The monoisotopic (exact) mass is 211 g/mol. The minimum atomic E-state index is 1.26. The molecule has 0 aliphatic heterocycles. The SMILES string of the molecule is CCCCCC[N]([Al+2])CCCCCC. The molecule has 0 rings (SSSR count). The Morgan fingerprint density at radius 1 is 0.714 bits per heavy atom. The second-order valence-electron chi connectivity index (χ2n) is 4.16. The summed E-state index contributed by atoms with van der Waals surface area (Å²) in [5.74, 6) is 0. The first-order chi connectivity index (χ1) is 6.81. The molecule has 0 aliphatic rings. The third-order valence-corrected chi connectivity index (χ3v) is 3.11. The van der Waals surface area contributed by atoms with Crippen LogP contribution in [0.15, 0.2) is 0 Å². The van der Waals surface area contributed by atoms with Crippen molar-refractivity contribution in [3.8, 4) is 0 Å². The fraction of sp³-hybridized carbons (Fsp3) is 1.00. The van der Waals surface area contributed by atoms with Gasteiger partial charge in [-0.05, 0) is 0 Å². The summed E-state index contributed by atoms with van der Waals surface area (Å²) in [7, 11) is 0. The Morgan fingerprint density at radius 2 is 1.14 bits per heavy atom. The van der Waals surface area contributed by atoms with Gasteiger partial charge in [0.15, 0.2) is 0 Å². The van der Waals surface area contributed by atoms with Crippen molar-refractivity contribution in [1.82, 2.24) is 3.88 Å². The van der Waals surface area contributed by atoms with Crippen LogP contribution in [0.1, 0.15) is 65.2 Å². The minimum absolute atomic E-state index is 1.26. The first-order valence-electron chi connectivity index (χ1n) is 6.30. The quantitative estimate of drug-likeness (QED) is 0.394. The van der Waals surface area contributed by atoms with E-state index in [1.165, 1.54) is 64.5 Å². The van der Waals surface area contributed by atoms with Gasteiger partial charge >= 0.3 is 98.7 Å². The molecule has 0 aliphatic carbocycles. The van der Waals surface area contributed by atoms with E-state index in [1.807, 2.05) is 0 Å². The van der Waals surface area contributed by atoms with E-state index in [-0.39, 0.29) is 0 Å². The Kier molecular flexibility index (Phi) is 12.0. The molecule has 0 spiro atoms. The second-order valence-corrected chi connectivity index (χ2v) is 4.89. The average Bonchev–Trinajstić information content (AvgIpc) is 2.19. The third-order valence-electron chi connectivity index (χ3n) is 2.60. The molecule has 0 aromatic carbocycles. The molecule has 0 saturated carbocycles. The molecule has 80 valence electrons. The topological polar surface area (TPSA) is 3.24 Å². The van der Waals surface area contributed by atoms with Crippen LogP contribution in [0.5, 0.6) is 0 Å². The van der Waals surface area contributed by atoms with Crippen LogP contribution < -0.4 is 0 Å². The van der Waals surface area contributed by atoms with Crippen LogP contribution in [-0.2, 0) is 0 Å². The van der Waals surface area contributed by atoms with E-state index in [0.29, 0.717) is 0 Å². The number of hydrogen-bond donors (Lipinski definition) is 0. The Balaban J connectivity index is 3.07. The molecular formula is C12H26AlN+2. The molecule has 0 saturated heterocycles. The zero-order valence-electron chi connectivity index (χ0n) is 10.1. The molecule has 0 N–H and O–H groups in total. The van der Waals surface area contributed by atoms with Crippen LogP contribution in [0.4, 0.5) is 0 Å². The first-order valence-corrected chi connectivity index (χ1v) is 6.82. The number of hydrogen-bond acceptors (Lipinski definition) is 1. The molecule has 0 aromatic rings. The number of unbranched alkanes of at least 4 members (excludes halogenated alkanes) is 6. The fourth-order valence-electron chi connectivity index (χ4n) is 1.60. The summed E-state index contributed by atoms with van der Waals surface area (Å²) in [5, 5.41) is 0. The second kappa shape index (κ2) is 11.6. The van der Waals surface area contributed by atoms with E-state index in [0.717, 1.165) is 0 Å². The predicted molar refractivity (Wildman–Crippen MR) is 65.6 cm³/mol. The van der Waals surface area contributed by atoms with E-state index >= 15 is 0 Å². The van der Waals surface area contributed by atoms with Gasteiger partial charge in [0.1, 0.15) is 0 Å². The van der Waals surface area contributed by atoms with Gasteiger partial charge < -0.3 is 0 Å². The van der Waals surface area contributed by atoms with Gasteiger partial charge in [-0.3, -0.25) is 0 Å². The van der Waals surface area contributed by atoms with Gasteiger partial charge in [-0.25, -0.2) is 0 Å². The molecule has 0 fully saturated rings. The summed E-state index contributed by atoms with van der Waals surface area (Å²) < 4.78 is 2.41. The summed E-state index contributed by atoms with van der Waals surface area (Å²) in [5.41, 5.74) is 0.